The Morgan fingerprint density at radius 1 is 1.19 bits per heavy atom. The van der Waals surface area contributed by atoms with Gasteiger partial charge in [0.05, 0.1) is 20.5 Å². The van der Waals surface area contributed by atoms with Gasteiger partial charge in [-0.1, -0.05) is 23.2 Å². The normalized spacial score (nSPS) is 12.3. The van der Waals surface area contributed by atoms with Gasteiger partial charge in [0.1, 0.15) is 0 Å². The number of nitrogens with zero attached hydrogens (tertiary/aromatic N) is 1. The molecule has 0 saturated heterocycles. The molecule has 0 bridgehead atoms. The number of amides is 1. The number of sulfone groups is 1. The van der Waals surface area contributed by atoms with Crippen LogP contribution in [0.25, 0.3) is 0 Å². The van der Waals surface area contributed by atoms with E-state index in [1.54, 1.807) is 0 Å². The Bertz CT molecular complexity index is 946. The highest BCUT2D eigenvalue weighted by Gasteiger charge is 2.20. The van der Waals surface area contributed by atoms with Crippen molar-refractivity contribution in [1.29, 1.82) is 0 Å². The SMILES string of the molecule is CC(OC(=O)c1ccc(S(C)(=O)=O)cc1)C(=O)Nc1ncc(Cl)cc1Cl. The molecule has 138 valence electrons. The third-order valence-electron chi connectivity index (χ3n) is 3.22. The Morgan fingerprint density at radius 2 is 1.81 bits per heavy atom. The Morgan fingerprint density at radius 3 is 2.35 bits per heavy atom. The van der Waals surface area contributed by atoms with Crippen molar-refractivity contribution in [2.75, 3.05) is 11.6 Å². The third-order valence-corrected chi connectivity index (χ3v) is 4.84. The van der Waals surface area contributed by atoms with Crippen LogP contribution in [-0.2, 0) is 19.4 Å². The summed E-state index contributed by atoms with van der Waals surface area (Å²) in [5.41, 5.74) is 0.111. The second-order valence-electron chi connectivity index (χ2n) is 5.32. The molecule has 10 heteroatoms. The zero-order valence-corrected chi connectivity index (χ0v) is 16.0. The van der Waals surface area contributed by atoms with E-state index in [1.807, 2.05) is 0 Å². The molecule has 0 aliphatic rings. The van der Waals surface area contributed by atoms with Crippen molar-refractivity contribution < 1.29 is 22.7 Å². The van der Waals surface area contributed by atoms with Crippen LogP contribution in [0.5, 0.6) is 0 Å². The molecule has 2 rings (SSSR count). The summed E-state index contributed by atoms with van der Waals surface area (Å²) in [4.78, 5) is 28.1. The molecule has 0 fully saturated rings. The molecule has 0 aliphatic carbocycles. The van der Waals surface area contributed by atoms with Crippen LogP contribution in [0.3, 0.4) is 0 Å². The lowest BCUT2D eigenvalue weighted by Crippen LogP contribution is -2.30. The average molecular weight is 417 g/mol. The quantitative estimate of drug-likeness (QED) is 0.751. The molecule has 0 aliphatic heterocycles. The van der Waals surface area contributed by atoms with E-state index in [1.165, 1.54) is 43.5 Å². The van der Waals surface area contributed by atoms with Gasteiger partial charge in [0.25, 0.3) is 5.91 Å². The van der Waals surface area contributed by atoms with E-state index in [0.29, 0.717) is 5.02 Å². The van der Waals surface area contributed by atoms with E-state index in [4.69, 9.17) is 27.9 Å². The maximum absolute atomic E-state index is 12.1. The van der Waals surface area contributed by atoms with Gasteiger partial charge >= 0.3 is 5.97 Å². The highest BCUT2D eigenvalue weighted by atomic mass is 35.5. The topological polar surface area (TPSA) is 102 Å². The number of hydrogen-bond acceptors (Lipinski definition) is 6. The number of hydrogen-bond donors (Lipinski definition) is 1. The lowest BCUT2D eigenvalue weighted by atomic mass is 10.2. The van der Waals surface area contributed by atoms with Gasteiger partial charge in [0.2, 0.25) is 0 Å². The minimum absolute atomic E-state index is 0.0725. The summed E-state index contributed by atoms with van der Waals surface area (Å²) in [5, 5.41) is 2.88. The summed E-state index contributed by atoms with van der Waals surface area (Å²) in [7, 11) is -3.37. The third kappa shape index (κ3) is 5.17. The first-order valence-corrected chi connectivity index (χ1v) is 9.85. The fourth-order valence-electron chi connectivity index (χ4n) is 1.85. The van der Waals surface area contributed by atoms with Gasteiger partial charge in [0, 0.05) is 12.5 Å². The van der Waals surface area contributed by atoms with E-state index in [9.17, 15) is 18.0 Å². The number of halogens is 2. The predicted molar refractivity (Wildman–Crippen MR) is 97.3 cm³/mol. The van der Waals surface area contributed by atoms with Crippen LogP contribution in [0.2, 0.25) is 10.0 Å². The van der Waals surface area contributed by atoms with Crippen LogP contribution in [0.4, 0.5) is 5.82 Å². The maximum Gasteiger partial charge on any atom is 0.338 e. The van der Waals surface area contributed by atoms with Crippen molar-refractivity contribution in [2.24, 2.45) is 0 Å². The fourth-order valence-corrected chi connectivity index (χ4v) is 2.90. The van der Waals surface area contributed by atoms with E-state index in [0.717, 1.165) is 6.26 Å². The number of ether oxygens (including phenoxy) is 1. The van der Waals surface area contributed by atoms with Crippen molar-refractivity contribution in [2.45, 2.75) is 17.9 Å². The minimum atomic E-state index is -3.37. The molecule has 1 unspecified atom stereocenters. The summed E-state index contributed by atoms with van der Waals surface area (Å²) in [6.45, 7) is 1.38. The first-order valence-electron chi connectivity index (χ1n) is 7.21. The highest BCUT2D eigenvalue weighted by Crippen LogP contribution is 2.22. The number of nitrogens with one attached hydrogen (secondary N) is 1. The fraction of sp³-hybridized carbons (Fsp3) is 0.188. The summed E-state index contributed by atoms with van der Waals surface area (Å²) >= 11 is 11.6. The lowest BCUT2D eigenvalue weighted by molar-refractivity contribution is -0.123. The molecule has 2 aromatic rings. The van der Waals surface area contributed by atoms with Gasteiger partial charge in [-0.25, -0.2) is 18.2 Å². The molecular weight excluding hydrogens is 403 g/mol. The zero-order valence-electron chi connectivity index (χ0n) is 13.7. The van der Waals surface area contributed by atoms with Crippen molar-refractivity contribution in [3.63, 3.8) is 0 Å². The number of aromatic nitrogens is 1. The largest absolute Gasteiger partial charge is 0.449 e. The van der Waals surface area contributed by atoms with Gasteiger partial charge in [0.15, 0.2) is 21.8 Å². The van der Waals surface area contributed by atoms with Gasteiger partial charge in [-0.2, -0.15) is 0 Å². The Hall–Kier alpha value is -2.16. The Labute approximate surface area is 160 Å². The molecule has 1 heterocycles. The van der Waals surface area contributed by atoms with Crippen molar-refractivity contribution >= 4 is 50.7 Å². The lowest BCUT2D eigenvalue weighted by Gasteiger charge is -2.14. The minimum Gasteiger partial charge on any atom is -0.449 e. The zero-order chi connectivity index (χ0) is 19.5. The molecule has 1 atom stereocenters. The highest BCUT2D eigenvalue weighted by molar-refractivity contribution is 7.90. The molecule has 0 saturated carbocycles. The predicted octanol–water partition coefficient (Wildman–Crippen LogP) is 2.98. The van der Waals surface area contributed by atoms with Gasteiger partial charge in [-0.3, -0.25) is 4.79 Å². The van der Waals surface area contributed by atoms with Crippen LogP contribution in [0.1, 0.15) is 17.3 Å². The van der Waals surface area contributed by atoms with Gasteiger partial charge < -0.3 is 10.1 Å². The van der Waals surface area contributed by atoms with Crippen LogP contribution >= 0.6 is 23.2 Å². The first-order chi connectivity index (χ1) is 12.1. The molecular formula is C16H14Cl2N2O5S. The Balaban J connectivity index is 2.02. The van der Waals surface area contributed by atoms with E-state index in [-0.39, 0.29) is 21.3 Å². The molecule has 1 aromatic carbocycles. The number of rotatable bonds is 5. The van der Waals surface area contributed by atoms with Crippen LogP contribution in [0.15, 0.2) is 41.4 Å². The molecule has 1 aromatic heterocycles. The Kier molecular flexibility index (Phi) is 6.22. The monoisotopic (exact) mass is 416 g/mol. The number of anilines is 1. The number of carbonyl (C=O) groups is 2. The smallest absolute Gasteiger partial charge is 0.338 e. The second-order valence-corrected chi connectivity index (χ2v) is 8.18. The van der Waals surface area contributed by atoms with E-state index in [2.05, 4.69) is 10.3 Å². The maximum atomic E-state index is 12.1. The van der Waals surface area contributed by atoms with Crippen molar-refractivity contribution in [3.05, 3.63) is 52.1 Å². The molecule has 26 heavy (non-hydrogen) atoms. The molecule has 7 nitrogen and oxygen atoms in total. The average Bonchev–Trinajstić information content (AvgIpc) is 2.56. The number of esters is 1. The van der Waals surface area contributed by atoms with Crippen LogP contribution < -0.4 is 5.32 Å². The summed E-state index contributed by atoms with van der Waals surface area (Å²) in [6.07, 6.45) is 1.23. The van der Waals surface area contributed by atoms with Crippen LogP contribution in [-0.4, -0.2) is 37.6 Å². The van der Waals surface area contributed by atoms with Crippen molar-refractivity contribution in [3.8, 4) is 0 Å². The summed E-state index contributed by atoms with van der Waals surface area (Å²) in [5.74, 6) is -1.33. The van der Waals surface area contributed by atoms with E-state index < -0.39 is 27.8 Å². The summed E-state index contributed by atoms with van der Waals surface area (Å²) < 4.78 is 27.9. The first kappa shape index (κ1) is 20.2. The molecule has 0 spiro atoms. The molecule has 1 N–H and O–H groups in total. The number of benzene rings is 1. The van der Waals surface area contributed by atoms with Gasteiger partial charge in [-0.05, 0) is 37.3 Å². The standard InChI is InChI=1S/C16H14Cl2N2O5S/c1-9(15(21)20-14-13(18)7-11(17)8-19-14)25-16(22)10-3-5-12(6-4-10)26(2,23)24/h3-9H,1-2H3,(H,19,20,21). The van der Waals surface area contributed by atoms with Crippen LogP contribution in [0, 0.1) is 0 Å². The molecule has 1 amide bonds. The summed E-state index contributed by atoms with van der Waals surface area (Å²) in [6, 6.07) is 6.59. The molecule has 0 radical (unpaired) electrons. The second kappa shape index (κ2) is 8.03. The van der Waals surface area contributed by atoms with Gasteiger partial charge in [-0.15, -0.1) is 0 Å². The van der Waals surface area contributed by atoms with E-state index >= 15 is 0 Å². The number of pyridine rings is 1. The number of carbonyl (C=O) groups excluding carboxylic acids is 2. The van der Waals surface area contributed by atoms with Crippen molar-refractivity contribution in [1.82, 2.24) is 4.98 Å².